The van der Waals surface area contributed by atoms with Crippen molar-refractivity contribution < 1.29 is 19.1 Å². The predicted octanol–water partition coefficient (Wildman–Crippen LogP) is 4.63. The lowest BCUT2D eigenvalue weighted by Crippen LogP contribution is -2.29. The first-order valence-electron chi connectivity index (χ1n) is 9.55. The molecular formula is C25H17FN2O3. The van der Waals surface area contributed by atoms with Gasteiger partial charge < -0.3 is 5.11 Å². The van der Waals surface area contributed by atoms with E-state index in [-0.39, 0.29) is 16.9 Å². The van der Waals surface area contributed by atoms with Gasteiger partial charge in [-0.2, -0.15) is 5.26 Å². The maximum Gasteiger partial charge on any atom is 0.300 e. The number of nitriles is 1. The molecule has 5 nitrogen and oxygen atoms in total. The number of carbonyl (C=O) groups excluding carboxylic acids is 2. The molecule has 1 saturated heterocycles. The summed E-state index contributed by atoms with van der Waals surface area (Å²) in [6.45, 7) is 1.85. The summed E-state index contributed by atoms with van der Waals surface area (Å²) in [6.07, 6.45) is 0. The quantitative estimate of drug-likeness (QED) is 0.386. The molecule has 4 rings (SSSR count). The molecule has 1 aliphatic heterocycles. The number of aliphatic hydroxyl groups excluding tert-OH is 1. The van der Waals surface area contributed by atoms with E-state index in [9.17, 15) is 19.1 Å². The summed E-state index contributed by atoms with van der Waals surface area (Å²) in [4.78, 5) is 27.4. The van der Waals surface area contributed by atoms with Crippen LogP contribution in [0.5, 0.6) is 0 Å². The Morgan fingerprint density at radius 2 is 1.65 bits per heavy atom. The van der Waals surface area contributed by atoms with E-state index in [2.05, 4.69) is 0 Å². The maximum absolute atomic E-state index is 13.4. The molecule has 1 fully saturated rings. The zero-order valence-electron chi connectivity index (χ0n) is 16.5. The van der Waals surface area contributed by atoms with Crippen molar-refractivity contribution in [1.29, 1.82) is 5.26 Å². The summed E-state index contributed by atoms with van der Waals surface area (Å²) in [5.41, 5.74) is 2.51. The summed E-state index contributed by atoms with van der Waals surface area (Å²) < 4.78 is 13.4. The van der Waals surface area contributed by atoms with Gasteiger partial charge in [0, 0.05) is 11.3 Å². The first-order valence-corrected chi connectivity index (χ1v) is 9.55. The van der Waals surface area contributed by atoms with Gasteiger partial charge in [0.2, 0.25) is 0 Å². The first kappa shape index (κ1) is 20.0. The van der Waals surface area contributed by atoms with Crippen LogP contribution in [0.2, 0.25) is 0 Å². The van der Waals surface area contributed by atoms with E-state index in [1.54, 1.807) is 36.4 Å². The number of rotatable bonds is 3. The predicted molar refractivity (Wildman–Crippen MR) is 114 cm³/mol. The summed E-state index contributed by atoms with van der Waals surface area (Å²) in [7, 11) is 0. The number of hydrogen-bond acceptors (Lipinski definition) is 4. The number of aliphatic hydroxyl groups is 1. The van der Waals surface area contributed by atoms with Crippen LogP contribution in [0.15, 0.2) is 78.4 Å². The lowest BCUT2D eigenvalue weighted by molar-refractivity contribution is -0.132. The molecule has 0 spiro atoms. The van der Waals surface area contributed by atoms with E-state index in [0.29, 0.717) is 16.8 Å². The average molecular weight is 412 g/mol. The Hall–Kier alpha value is -4.24. The number of benzene rings is 3. The van der Waals surface area contributed by atoms with Crippen LogP contribution < -0.4 is 4.90 Å². The van der Waals surface area contributed by atoms with E-state index in [4.69, 9.17) is 5.26 Å². The van der Waals surface area contributed by atoms with Gasteiger partial charge in [-0.15, -0.1) is 0 Å². The number of anilines is 1. The molecule has 0 aliphatic carbocycles. The standard InChI is InChI=1S/C25H17FN2O3/c1-15-4-2-3-5-20(15)22-21(23(29)17-8-10-18(26)11-9-17)24(30)25(31)28(22)19-12-6-16(14-27)7-13-19/h2-13,22,29H,1H3/b23-21-. The van der Waals surface area contributed by atoms with Gasteiger partial charge in [-0.25, -0.2) is 4.39 Å². The van der Waals surface area contributed by atoms with Crippen LogP contribution in [0.4, 0.5) is 10.1 Å². The highest BCUT2D eigenvalue weighted by Crippen LogP contribution is 2.43. The summed E-state index contributed by atoms with van der Waals surface area (Å²) in [5, 5.41) is 20.0. The van der Waals surface area contributed by atoms with Gasteiger partial charge in [-0.05, 0) is 66.6 Å². The third-order valence-electron chi connectivity index (χ3n) is 5.32. The van der Waals surface area contributed by atoms with Crippen LogP contribution >= 0.6 is 0 Å². The zero-order chi connectivity index (χ0) is 22.1. The third-order valence-corrected chi connectivity index (χ3v) is 5.32. The molecule has 1 unspecified atom stereocenters. The smallest absolute Gasteiger partial charge is 0.300 e. The highest BCUT2D eigenvalue weighted by atomic mass is 19.1. The van der Waals surface area contributed by atoms with Crippen LogP contribution in [-0.4, -0.2) is 16.8 Å². The van der Waals surface area contributed by atoms with Gasteiger partial charge in [-0.3, -0.25) is 14.5 Å². The van der Waals surface area contributed by atoms with E-state index in [1.807, 2.05) is 25.1 Å². The van der Waals surface area contributed by atoms with E-state index in [1.165, 1.54) is 29.2 Å². The van der Waals surface area contributed by atoms with Gasteiger partial charge >= 0.3 is 0 Å². The van der Waals surface area contributed by atoms with Gasteiger partial charge in [0.15, 0.2) is 0 Å². The monoisotopic (exact) mass is 412 g/mol. The average Bonchev–Trinajstić information content (AvgIpc) is 3.04. The van der Waals surface area contributed by atoms with Crippen molar-refractivity contribution in [1.82, 2.24) is 0 Å². The summed E-state index contributed by atoms with van der Waals surface area (Å²) >= 11 is 0. The highest BCUT2D eigenvalue weighted by molar-refractivity contribution is 6.51. The number of aryl methyl sites for hydroxylation is 1. The SMILES string of the molecule is Cc1ccccc1C1/C(=C(/O)c2ccc(F)cc2)C(=O)C(=O)N1c1ccc(C#N)cc1. The van der Waals surface area contributed by atoms with Crippen LogP contribution in [0.3, 0.4) is 0 Å². The molecule has 6 heteroatoms. The number of carbonyl (C=O) groups is 2. The summed E-state index contributed by atoms with van der Waals surface area (Å²) in [5.74, 6) is -2.48. The second-order valence-electron chi connectivity index (χ2n) is 7.19. The fourth-order valence-electron chi connectivity index (χ4n) is 3.75. The number of halogens is 1. The van der Waals surface area contributed by atoms with Crippen molar-refractivity contribution in [2.24, 2.45) is 0 Å². The molecule has 152 valence electrons. The number of nitrogens with zero attached hydrogens (tertiary/aromatic N) is 2. The molecule has 3 aromatic carbocycles. The van der Waals surface area contributed by atoms with Crippen molar-refractivity contribution >= 4 is 23.1 Å². The maximum atomic E-state index is 13.4. The highest BCUT2D eigenvalue weighted by Gasteiger charge is 2.47. The van der Waals surface area contributed by atoms with Gasteiger partial charge in [0.25, 0.3) is 11.7 Å². The molecule has 0 bridgehead atoms. The topological polar surface area (TPSA) is 81.4 Å². The number of ketones is 1. The summed E-state index contributed by atoms with van der Waals surface area (Å²) in [6, 6.07) is 19.8. The van der Waals surface area contributed by atoms with Crippen LogP contribution in [-0.2, 0) is 9.59 Å². The van der Waals surface area contributed by atoms with Crippen molar-refractivity contribution in [2.45, 2.75) is 13.0 Å². The lowest BCUT2D eigenvalue weighted by atomic mass is 9.92. The minimum absolute atomic E-state index is 0.0738. The van der Waals surface area contributed by atoms with E-state index >= 15 is 0 Å². The van der Waals surface area contributed by atoms with Crippen molar-refractivity contribution in [2.75, 3.05) is 4.90 Å². The normalized spacial score (nSPS) is 17.6. The fourth-order valence-corrected chi connectivity index (χ4v) is 3.75. The first-order chi connectivity index (χ1) is 14.9. The molecule has 0 saturated carbocycles. The Bertz CT molecular complexity index is 1260. The van der Waals surface area contributed by atoms with E-state index < -0.39 is 23.5 Å². The second kappa shape index (κ2) is 7.88. The molecule has 0 radical (unpaired) electrons. The van der Waals surface area contributed by atoms with Crippen molar-refractivity contribution in [3.05, 3.63) is 106 Å². The van der Waals surface area contributed by atoms with E-state index in [0.717, 1.165) is 5.56 Å². The van der Waals surface area contributed by atoms with Crippen LogP contribution in [0.1, 0.15) is 28.3 Å². The Morgan fingerprint density at radius 1 is 1.00 bits per heavy atom. The molecule has 31 heavy (non-hydrogen) atoms. The van der Waals surface area contributed by atoms with Crippen LogP contribution in [0.25, 0.3) is 5.76 Å². The minimum Gasteiger partial charge on any atom is -0.507 e. The Morgan fingerprint density at radius 3 is 2.26 bits per heavy atom. The Kier molecular flexibility index (Phi) is 5.10. The molecule has 0 aromatic heterocycles. The Labute approximate surface area is 178 Å². The molecule has 1 N–H and O–H groups in total. The molecule has 1 atom stereocenters. The second-order valence-corrected chi connectivity index (χ2v) is 7.19. The number of hydrogen-bond donors (Lipinski definition) is 1. The lowest BCUT2D eigenvalue weighted by Gasteiger charge is -2.26. The van der Waals surface area contributed by atoms with Gasteiger partial charge in [0.05, 0.1) is 23.2 Å². The van der Waals surface area contributed by atoms with Crippen LogP contribution in [0, 0.1) is 24.1 Å². The molecule has 3 aromatic rings. The zero-order valence-corrected chi connectivity index (χ0v) is 16.5. The van der Waals surface area contributed by atoms with Crippen molar-refractivity contribution in [3.8, 4) is 6.07 Å². The number of amides is 1. The van der Waals surface area contributed by atoms with Crippen molar-refractivity contribution in [3.63, 3.8) is 0 Å². The molecule has 1 aliphatic rings. The molecular weight excluding hydrogens is 395 g/mol. The molecule has 1 amide bonds. The third kappa shape index (κ3) is 3.47. The van der Waals surface area contributed by atoms with Gasteiger partial charge in [-0.1, -0.05) is 24.3 Å². The largest absolute Gasteiger partial charge is 0.507 e. The molecule has 1 heterocycles. The Balaban J connectivity index is 1.95. The fraction of sp³-hybridized carbons (Fsp3) is 0.0800. The minimum atomic E-state index is -0.876. The van der Waals surface area contributed by atoms with Gasteiger partial charge in [0.1, 0.15) is 11.6 Å². The number of Topliss-reactive ketones (excluding diaryl/α,β-unsaturated/α-hetero) is 1.